The van der Waals surface area contributed by atoms with E-state index in [1.54, 1.807) is 0 Å². The first kappa shape index (κ1) is 17.2. The molecular weight excluding hydrogens is 160 g/mol. The standard InChI is InChI=1S/C4H5N.BHO2.K.H2O/c1-2-4-5-3-1;2-1-3;;/h1-5H;2H;;1H2/q;-1;+1;. The molecule has 0 aliphatic carbocycles. The summed E-state index contributed by atoms with van der Waals surface area (Å²) >= 11 is 0. The van der Waals surface area contributed by atoms with Gasteiger partial charge in [-0.3, -0.25) is 5.32 Å². The fraction of sp³-hybridized carbons (Fsp3) is 0. The maximum absolute atomic E-state index is 8.36. The average Bonchev–Trinajstić information content (AvgIpc) is 2.17. The SMILES string of the molecule is C1=C[NH2+]C=C1.[K+].[O-][B]O.[OH-]. The molecule has 0 aromatic carbocycles. The molecule has 0 aromatic heterocycles. The van der Waals surface area contributed by atoms with E-state index in [0.717, 1.165) is 0 Å². The number of hydrogen-bond acceptors (Lipinski definition) is 3. The van der Waals surface area contributed by atoms with Gasteiger partial charge in [0.2, 0.25) is 0 Å². The van der Waals surface area contributed by atoms with Gasteiger partial charge < -0.3 is 15.5 Å². The molecule has 51 valence electrons. The van der Waals surface area contributed by atoms with Gasteiger partial charge in [-0.1, -0.05) is 0 Å². The number of quaternary nitrogens is 1. The summed E-state index contributed by atoms with van der Waals surface area (Å²) in [6.07, 6.45) is 8.00. The topological polar surface area (TPSA) is 89.9 Å². The van der Waals surface area contributed by atoms with Crippen LogP contribution < -0.4 is 61.7 Å². The van der Waals surface area contributed by atoms with Gasteiger partial charge in [-0.25, -0.2) is 0 Å². The van der Waals surface area contributed by atoms with Crippen LogP contribution in [0, 0.1) is 0 Å². The second-order valence-electron chi connectivity index (χ2n) is 1.07. The molecule has 1 radical (unpaired) electrons. The Morgan fingerprint density at radius 1 is 1.30 bits per heavy atom. The minimum Gasteiger partial charge on any atom is -0.870 e. The monoisotopic (exact) mass is 168 g/mol. The maximum Gasteiger partial charge on any atom is 1.00 e. The van der Waals surface area contributed by atoms with Crippen LogP contribution in [0.4, 0.5) is 0 Å². The predicted octanol–water partition coefficient (Wildman–Crippen LogP) is -5.71. The van der Waals surface area contributed by atoms with Crippen LogP contribution in [0.3, 0.4) is 0 Å². The summed E-state index contributed by atoms with van der Waals surface area (Å²) in [4.78, 5) is 0. The molecule has 0 amide bonds. The van der Waals surface area contributed by atoms with Gasteiger partial charge in [-0.2, -0.15) is 0 Å². The molecule has 0 fully saturated rings. The van der Waals surface area contributed by atoms with Crippen molar-refractivity contribution in [3.63, 3.8) is 0 Å². The second-order valence-corrected chi connectivity index (χ2v) is 1.07. The molecule has 10 heavy (non-hydrogen) atoms. The first-order chi connectivity index (χ1) is 3.91. The van der Waals surface area contributed by atoms with Crippen LogP contribution in [0.1, 0.15) is 0 Å². The van der Waals surface area contributed by atoms with Crippen molar-refractivity contribution in [2.75, 3.05) is 0 Å². The molecule has 4 N–H and O–H groups in total. The first-order valence-corrected chi connectivity index (χ1v) is 2.16. The van der Waals surface area contributed by atoms with Crippen LogP contribution >= 0.6 is 0 Å². The van der Waals surface area contributed by atoms with Crippen molar-refractivity contribution in [1.82, 2.24) is 0 Å². The van der Waals surface area contributed by atoms with Gasteiger partial charge in [0.1, 0.15) is 0 Å². The van der Waals surface area contributed by atoms with Crippen molar-refractivity contribution in [1.29, 1.82) is 0 Å². The Kier molecular flexibility index (Phi) is 28.5. The third-order valence-corrected chi connectivity index (χ3v) is 0.556. The summed E-state index contributed by atoms with van der Waals surface area (Å²) in [6.45, 7) is 0. The smallest absolute Gasteiger partial charge is 0.870 e. The molecule has 0 saturated heterocycles. The number of allylic oxidation sites excluding steroid dienone is 2. The molecule has 0 spiro atoms. The van der Waals surface area contributed by atoms with E-state index in [1.165, 1.54) is 0 Å². The second kappa shape index (κ2) is 16.5. The van der Waals surface area contributed by atoms with E-state index >= 15 is 0 Å². The Morgan fingerprint density at radius 3 is 1.70 bits per heavy atom. The van der Waals surface area contributed by atoms with Gasteiger partial charge in [-0.15, -0.1) is 0 Å². The van der Waals surface area contributed by atoms with E-state index in [4.69, 9.17) is 10.0 Å². The van der Waals surface area contributed by atoms with E-state index in [1.807, 2.05) is 29.9 Å². The largest absolute Gasteiger partial charge is 1.00 e. The summed E-state index contributed by atoms with van der Waals surface area (Å²) in [5.74, 6) is 0. The van der Waals surface area contributed by atoms with Crippen LogP contribution in [0.5, 0.6) is 0 Å². The quantitative estimate of drug-likeness (QED) is 0.353. The van der Waals surface area contributed by atoms with Gasteiger partial charge in [0.05, 0.1) is 12.4 Å². The summed E-state index contributed by atoms with van der Waals surface area (Å²) in [6, 6.07) is 0. The van der Waals surface area contributed by atoms with Crippen LogP contribution in [-0.4, -0.2) is 18.2 Å². The molecule has 1 rings (SSSR count). The molecule has 6 heteroatoms. The zero-order chi connectivity index (χ0) is 6.24. The van der Waals surface area contributed by atoms with Crippen LogP contribution in [0.2, 0.25) is 0 Å². The average molecular weight is 168 g/mol. The Balaban J connectivity index is -0.0000000900. The molecule has 0 bridgehead atoms. The number of rotatable bonds is 0. The van der Waals surface area contributed by atoms with Crippen molar-refractivity contribution in [3.8, 4) is 0 Å². The summed E-state index contributed by atoms with van der Waals surface area (Å²) in [5, 5.41) is 17.2. The van der Waals surface area contributed by atoms with Crippen molar-refractivity contribution in [2.24, 2.45) is 0 Å². The van der Waals surface area contributed by atoms with Crippen molar-refractivity contribution >= 4 is 7.69 Å². The fourth-order valence-corrected chi connectivity index (χ4v) is 0.321. The van der Waals surface area contributed by atoms with Gasteiger partial charge in [0.25, 0.3) is 0 Å². The zero-order valence-electron chi connectivity index (χ0n) is 5.77. The van der Waals surface area contributed by atoms with E-state index in [2.05, 4.69) is 0 Å². The molecule has 1 aliphatic rings. The van der Waals surface area contributed by atoms with Gasteiger partial charge in [0, 0.05) is 0 Å². The molecule has 1 heterocycles. The Bertz CT molecular complexity index is 88.5. The van der Waals surface area contributed by atoms with Crippen molar-refractivity contribution < 1.29 is 72.2 Å². The van der Waals surface area contributed by atoms with Crippen LogP contribution in [0.25, 0.3) is 0 Å². The minimum atomic E-state index is -0.250. The third kappa shape index (κ3) is 16.0. The summed E-state index contributed by atoms with van der Waals surface area (Å²) < 4.78 is 0. The Hall–Kier alpha value is 1.02. The Morgan fingerprint density at radius 2 is 1.60 bits per heavy atom. The molecule has 0 saturated carbocycles. The third-order valence-electron chi connectivity index (χ3n) is 0.556. The van der Waals surface area contributed by atoms with Gasteiger partial charge >= 0.3 is 51.4 Å². The maximum atomic E-state index is 8.36. The molecule has 0 atom stereocenters. The molecule has 0 aromatic rings. The van der Waals surface area contributed by atoms with E-state index in [-0.39, 0.29) is 64.5 Å². The van der Waals surface area contributed by atoms with Gasteiger partial charge in [-0.05, 0) is 12.2 Å². The van der Waals surface area contributed by atoms with E-state index in [9.17, 15) is 0 Å². The normalized spacial score (nSPS) is 10.2. The molecule has 0 unspecified atom stereocenters. The van der Waals surface area contributed by atoms with E-state index < -0.39 is 0 Å². The van der Waals surface area contributed by atoms with Crippen LogP contribution in [0.15, 0.2) is 24.6 Å². The number of nitrogens with two attached hydrogens (primary N) is 1. The molecule has 4 nitrogen and oxygen atoms in total. The fourth-order valence-electron chi connectivity index (χ4n) is 0.321. The zero-order valence-corrected chi connectivity index (χ0v) is 8.89. The molecular formula is C4H8BKNO3. The molecule has 1 aliphatic heterocycles. The first-order valence-electron chi connectivity index (χ1n) is 2.16. The van der Waals surface area contributed by atoms with E-state index in [0.29, 0.717) is 0 Å². The Labute approximate surface area is 103 Å². The van der Waals surface area contributed by atoms with Gasteiger partial charge in [0.15, 0.2) is 7.69 Å². The van der Waals surface area contributed by atoms with Crippen molar-refractivity contribution in [2.45, 2.75) is 0 Å². The predicted molar refractivity (Wildman–Crippen MR) is 30.1 cm³/mol. The summed E-state index contributed by atoms with van der Waals surface area (Å²) in [7, 11) is -0.250. The number of hydrogen-bond donors (Lipinski definition) is 2. The summed E-state index contributed by atoms with van der Waals surface area (Å²) in [5.41, 5.74) is 0. The van der Waals surface area contributed by atoms with Crippen LogP contribution in [-0.2, 0) is 0 Å². The van der Waals surface area contributed by atoms with Crippen molar-refractivity contribution in [3.05, 3.63) is 24.6 Å². The minimum absolute atomic E-state index is 0.